The van der Waals surface area contributed by atoms with Gasteiger partial charge in [-0.3, -0.25) is 9.59 Å². The molecule has 0 aliphatic heterocycles. The molecule has 26 heavy (non-hydrogen) atoms. The van der Waals surface area contributed by atoms with E-state index in [4.69, 9.17) is 11.6 Å². The summed E-state index contributed by atoms with van der Waals surface area (Å²) in [6, 6.07) is 5.03. The molecule has 2 heterocycles. The van der Waals surface area contributed by atoms with Gasteiger partial charge in [0.25, 0.3) is 5.56 Å². The SMILES string of the molecule is CC(NC(=O)C(F)(F)F)c1cc2cccc(Cl)c2c(=O)n1-c1ncn[nH]1. The van der Waals surface area contributed by atoms with Crippen LogP contribution in [0.4, 0.5) is 13.2 Å². The number of hydrogen-bond donors (Lipinski definition) is 2. The largest absolute Gasteiger partial charge is 0.471 e. The summed E-state index contributed by atoms with van der Waals surface area (Å²) < 4.78 is 38.7. The number of alkyl halides is 3. The van der Waals surface area contributed by atoms with Gasteiger partial charge in [-0.25, -0.2) is 9.67 Å². The van der Waals surface area contributed by atoms with E-state index in [1.165, 1.54) is 19.1 Å². The van der Waals surface area contributed by atoms with Crippen LogP contribution in [-0.4, -0.2) is 31.8 Å². The molecule has 3 rings (SSSR count). The molecule has 2 N–H and O–H groups in total. The first-order valence-corrected chi connectivity index (χ1v) is 7.65. The Hall–Kier alpha value is -2.88. The first-order chi connectivity index (χ1) is 12.2. The summed E-state index contributed by atoms with van der Waals surface area (Å²) in [5.74, 6) is -2.13. The van der Waals surface area contributed by atoms with Crippen LogP contribution < -0.4 is 10.9 Å². The van der Waals surface area contributed by atoms with Gasteiger partial charge in [-0.2, -0.15) is 23.3 Å². The Morgan fingerprint density at radius 3 is 2.73 bits per heavy atom. The predicted molar refractivity (Wildman–Crippen MR) is 87.1 cm³/mol. The fraction of sp³-hybridized carbons (Fsp3) is 0.200. The maximum Gasteiger partial charge on any atom is 0.471 e. The summed E-state index contributed by atoms with van der Waals surface area (Å²) in [6.07, 6.45) is -3.91. The molecule has 1 unspecified atom stereocenters. The van der Waals surface area contributed by atoms with E-state index < -0.39 is 23.7 Å². The third-order valence-corrected chi connectivity index (χ3v) is 4.00. The molecule has 7 nitrogen and oxygen atoms in total. The number of nitrogens with zero attached hydrogens (tertiary/aromatic N) is 3. The molecule has 1 aromatic carbocycles. The second kappa shape index (κ2) is 6.45. The summed E-state index contributed by atoms with van der Waals surface area (Å²) >= 11 is 6.09. The summed E-state index contributed by atoms with van der Waals surface area (Å²) in [7, 11) is 0. The van der Waals surface area contributed by atoms with E-state index in [0.29, 0.717) is 5.39 Å². The van der Waals surface area contributed by atoms with Crippen molar-refractivity contribution in [2.24, 2.45) is 0 Å². The van der Waals surface area contributed by atoms with E-state index in [-0.39, 0.29) is 22.1 Å². The highest BCUT2D eigenvalue weighted by Gasteiger charge is 2.39. The summed E-state index contributed by atoms with van der Waals surface area (Å²) in [6.45, 7) is 1.32. The first kappa shape index (κ1) is 17.9. The molecule has 1 atom stereocenters. The van der Waals surface area contributed by atoms with Crippen molar-refractivity contribution in [1.29, 1.82) is 0 Å². The summed E-state index contributed by atoms with van der Waals surface area (Å²) in [5, 5.41) is 8.72. The number of pyridine rings is 1. The molecule has 0 fully saturated rings. The second-order valence-electron chi connectivity index (χ2n) is 5.42. The van der Waals surface area contributed by atoms with E-state index in [1.807, 2.05) is 5.32 Å². The van der Waals surface area contributed by atoms with Gasteiger partial charge >= 0.3 is 12.1 Å². The van der Waals surface area contributed by atoms with Crippen molar-refractivity contribution in [1.82, 2.24) is 25.1 Å². The Bertz CT molecular complexity index is 1030. The van der Waals surface area contributed by atoms with Gasteiger partial charge in [0.2, 0.25) is 5.95 Å². The Balaban J connectivity index is 2.22. The number of halogens is 4. The van der Waals surface area contributed by atoms with Gasteiger partial charge < -0.3 is 5.32 Å². The number of fused-ring (bicyclic) bond motifs is 1. The number of nitrogens with one attached hydrogen (secondary N) is 2. The second-order valence-corrected chi connectivity index (χ2v) is 5.82. The molecule has 0 saturated carbocycles. The van der Waals surface area contributed by atoms with E-state index >= 15 is 0 Å². The normalized spacial score (nSPS) is 13.0. The van der Waals surface area contributed by atoms with Crippen LogP contribution in [0, 0.1) is 0 Å². The lowest BCUT2D eigenvalue weighted by Crippen LogP contribution is -2.40. The van der Waals surface area contributed by atoms with Crippen molar-refractivity contribution in [3.05, 3.63) is 51.7 Å². The van der Waals surface area contributed by atoms with Crippen LogP contribution in [0.5, 0.6) is 0 Å². The Labute approximate surface area is 148 Å². The van der Waals surface area contributed by atoms with Crippen molar-refractivity contribution in [2.75, 3.05) is 0 Å². The molecule has 0 saturated heterocycles. The van der Waals surface area contributed by atoms with E-state index in [9.17, 15) is 22.8 Å². The Morgan fingerprint density at radius 1 is 1.38 bits per heavy atom. The monoisotopic (exact) mass is 385 g/mol. The third-order valence-electron chi connectivity index (χ3n) is 3.69. The van der Waals surface area contributed by atoms with Crippen molar-refractivity contribution in [2.45, 2.75) is 19.1 Å². The molecule has 0 aliphatic carbocycles. The molecule has 0 aliphatic rings. The van der Waals surface area contributed by atoms with Crippen LogP contribution in [0.15, 0.2) is 35.4 Å². The molecule has 136 valence electrons. The zero-order valence-electron chi connectivity index (χ0n) is 13.1. The Kier molecular flexibility index (Phi) is 4.45. The zero-order valence-corrected chi connectivity index (χ0v) is 13.9. The lowest BCUT2D eigenvalue weighted by molar-refractivity contribution is -0.174. The minimum absolute atomic E-state index is 0.0140. The Morgan fingerprint density at radius 2 is 2.12 bits per heavy atom. The van der Waals surface area contributed by atoms with Crippen LogP contribution >= 0.6 is 11.6 Å². The minimum Gasteiger partial charge on any atom is -0.340 e. The highest BCUT2D eigenvalue weighted by molar-refractivity contribution is 6.35. The molecule has 0 bridgehead atoms. The fourth-order valence-corrected chi connectivity index (χ4v) is 2.80. The molecule has 3 aromatic rings. The van der Waals surface area contributed by atoms with Crippen LogP contribution in [0.3, 0.4) is 0 Å². The fourth-order valence-electron chi connectivity index (χ4n) is 2.54. The maximum absolute atomic E-state index is 12.9. The van der Waals surface area contributed by atoms with Crippen LogP contribution in [0.2, 0.25) is 5.02 Å². The van der Waals surface area contributed by atoms with E-state index in [0.717, 1.165) is 10.9 Å². The number of carbonyl (C=O) groups is 1. The van der Waals surface area contributed by atoms with E-state index in [1.54, 1.807) is 12.1 Å². The number of carbonyl (C=O) groups excluding carboxylic acids is 1. The highest BCUT2D eigenvalue weighted by atomic mass is 35.5. The number of rotatable bonds is 3. The summed E-state index contributed by atoms with van der Waals surface area (Å²) in [5.41, 5.74) is -0.521. The molecule has 1 amide bonds. The number of amides is 1. The van der Waals surface area contributed by atoms with Crippen LogP contribution in [-0.2, 0) is 4.79 Å². The molecule has 11 heteroatoms. The molecule has 0 spiro atoms. The van der Waals surface area contributed by atoms with Gasteiger partial charge in [0, 0.05) is 0 Å². The van der Waals surface area contributed by atoms with E-state index in [2.05, 4.69) is 15.2 Å². The van der Waals surface area contributed by atoms with Crippen molar-refractivity contribution in [3.63, 3.8) is 0 Å². The average Bonchev–Trinajstić information content (AvgIpc) is 3.07. The number of aromatic amines is 1. The number of H-pyrrole nitrogens is 1. The van der Waals surface area contributed by atoms with Gasteiger partial charge in [-0.05, 0) is 24.4 Å². The molecule has 2 aromatic heterocycles. The van der Waals surface area contributed by atoms with Crippen LogP contribution in [0.25, 0.3) is 16.7 Å². The molecular formula is C15H11ClF3N5O2. The first-order valence-electron chi connectivity index (χ1n) is 7.27. The number of aromatic nitrogens is 4. The van der Waals surface area contributed by atoms with Crippen molar-refractivity contribution < 1.29 is 18.0 Å². The van der Waals surface area contributed by atoms with Gasteiger partial charge in [-0.15, -0.1) is 0 Å². The predicted octanol–water partition coefficient (Wildman–Crippen LogP) is 2.50. The highest BCUT2D eigenvalue weighted by Crippen LogP contribution is 2.25. The number of hydrogen-bond acceptors (Lipinski definition) is 4. The molecule has 0 radical (unpaired) electrons. The smallest absolute Gasteiger partial charge is 0.340 e. The van der Waals surface area contributed by atoms with Gasteiger partial charge in [0.15, 0.2) is 0 Å². The van der Waals surface area contributed by atoms with Crippen molar-refractivity contribution >= 4 is 28.3 Å². The van der Waals surface area contributed by atoms with Gasteiger partial charge in [0.1, 0.15) is 6.33 Å². The van der Waals surface area contributed by atoms with Gasteiger partial charge in [-0.1, -0.05) is 23.7 Å². The number of benzene rings is 1. The quantitative estimate of drug-likeness (QED) is 0.724. The zero-order chi connectivity index (χ0) is 19.1. The average molecular weight is 386 g/mol. The third kappa shape index (κ3) is 3.15. The minimum atomic E-state index is -5.05. The lowest BCUT2D eigenvalue weighted by Gasteiger charge is -2.20. The lowest BCUT2D eigenvalue weighted by atomic mass is 10.1. The summed E-state index contributed by atoms with van der Waals surface area (Å²) in [4.78, 5) is 28.1. The van der Waals surface area contributed by atoms with Gasteiger partial charge in [0.05, 0.1) is 22.1 Å². The topological polar surface area (TPSA) is 92.7 Å². The van der Waals surface area contributed by atoms with Crippen molar-refractivity contribution in [3.8, 4) is 5.95 Å². The molecular weight excluding hydrogens is 375 g/mol. The van der Waals surface area contributed by atoms with Crippen LogP contribution in [0.1, 0.15) is 18.7 Å². The maximum atomic E-state index is 12.9. The standard InChI is InChI=1S/C15H11ClF3N5O2/c1-7(22-13(26)15(17,18)19)10-5-8-3-2-4-9(16)11(8)12(25)24(10)14-20-6-21-23-14/h2-7H,1H3,(H,22,26)(H,20,21,23).